The summed E-state index contributed by atoms with van der Waals surface area (Å²) in [6, 6.07) is 7.80. The van der Waals surface area contributed by atoms with Crippen LogP contribution in [0.25, 0.3) is 10.1 Å². The Balaban J connectivity index is 1.60. The average Bonchev–Trinajstić information content (AvgIpc) is 3.12. The number of aryl methyl sites for hydroxylation is 1. The predicted molar refractivity (Wildman–Crippen MR) is 85.4 cm³/mol. The Labute approximate surface area is 126 Å². The number of amides is 1. The fourth-order valence-electron chi connectivity index (χ4n) is 2.20. The maximum atomic E-state index is 12.2. The van der Waals surface area contributed by atoms with E-state index in [9.17, 15) is 4.79 Å². The van der Waals surface area contributed by atoms with Crippen LogP contribution in [0.1, 0.15) is 16.1 Å². The van der Waals surface area contributed by atoms with Gasteiger partial charge in [-0.25, -0.2) is 4.98 Å². The van der Waals surface area contributed by atoms with E-state index >= 15 is 0 Å². The third-order valence-corrected chi connectivity index (χ3v) is 4.46. The van der Waals surface area contributed by atoms with Crippen molar-refractivity contribution in [1.82, 2.24) is 14.9 Å². The number of thiophene rings is 1. The van der Waals surface area contributed by atoms with Gasteiger partial charge in [-0.1, -0.05) is 18.2 Å². The number of imidazole rings is 1. The molecule has 0 saturated heterocycles. The second-order valence-corrected chi connectivity index (χ2v) is 5.80. The number of aromatic nitrogens is 2. The number of benzene rings is 1. The molecule has 3 aromatic rings. The zero-order valence-corrected chi connectivity index (χ0v) is 12.3. The van der Waals surface area contributed by atoms with Gasteiger partial charge in [-0.05, 0) is 12.5 Å². The predicted octanol–water partition coefficient (Wildman–Crippen LogP) is 2.50. The van der Waals surface area contributed by atoms with Gasteiger partial charge in [0.2, 0.25) is 0 Å². The van der Waals surface area contributed by atoms with Crippen LogP contribution < -0.4 is 11.1 Å². The molecular weight excluding hydrogens is 284 g/mol. The highest BCUT2D eigenvalue weighted by molar-refractivity contribution is 7.21. The molecule has 0 aliphatic heterocycles. The summed E-state index contributed by atoms with van der Waals surface area (Å²) < 4.78 is 3.03. The lowest BCUT2D eigenvalue weighted by Crippen LogP contribution is -2.25. The molecule has 0 bridgehead atoms. The number of hydrogen-bond acceptors (Lipinski definition) is 4. The Morgan fingerprint density at radius 1 is 1.38 bits per heavy atom. The van der Waals surface area contributed by atoms with E-state index in [-0.39, 0.29) is 5.91 Å². The number of hydrogen-bond donors (Lipinski definition) is 2. The summed E-state index contributed by atoms with van der Waals surface area (Å²) >= 11 is 1.44. The standard InChI is InChI=1S/C15H16N4OS/c16-13-11-4-1-2-5-12(11)21-14(13)15(20)18-6-3-8-19-9-7-17-10-19/h1-2,4-5,7,9-10H,3,6,8,16H2,(H,18,20). The van der Waals surface area contributed by atoms with Crippen LogP contribution in [0.15, 0.2) is 43.0 Å². The Kier molecular flexibility index (Phi) is 3.87. The van der Waals surface area contributed by atoms with E-state index in [1.807, 2.05) is 35.0 Å². The summed E-state index contributed by atoms with van der Waals surface area (Å²) in [5.74, 6) is -0.0978. The Bertz CT molecular complexity index is 748. The molecular formula is C15H16N4OS. The average molecular weight is 300 g/mol. The second-order valence-electron chi connectivity index (χ2n) is 4.75. The molecule has 0 radical (unpaired) electrons. The topological polar surface area (TPSA) is 72.9 Å². The molecule has 2 heterocycles. The molecule has 0 spiro atoms. The van der Waals surface area contributed by atoms with E-state index in [4.69, 9.17) is 5.73 Å². The lowest BCUT2D eigenvalue weighted by Gasteiger charge is -2.05. The largest absolute Gasteiger partial charge is 0.397 e. The molecule has 0 aliphatic rings. The first-order valence-corrected chi connectivity index (χ1v) is 7.58. The maximum Gasteiger partial charge on any atom is 0.263 e. The minimum absolute atomic E-state index is 0.0978. The number of carbonyl (C=O) groups is 1. The van der Waals surface area contributed by atoms with Crippen molar-refractivity contribution in [1.29, 1.82) is 0 Å². The minimum Gasteiger partial charge on any atom is -0.397 e. The van der Waals surface area contributed by atoms with E-state index in [2.05, 4.69) is 10.3 Å². The molecule has 3 N–H and O–H groups in total. The lowest BCUT2D eigenvalue weighted by atomic mass is 10.2. The zero-order valence-electron chi connectivity index (χ0n) is 11.5. The van der Waals surface area contributed by atoms with Gasteiger partial charge in [0.1, 0.15) is 4.88 Å². The van der Waals surface area contributed by atoms with E-state index in [0.717, 1.165) is 23.1 Å². The SMILES string of the molecule is Nc1c(C(=O)NCCCn2ccnc2)sc2ccccc12. The number of nitrogens with two attached hydrogens (primary N) is 1. The highest BCUT2D eigenvalue weighted by atomic mass is 32.1. The van der Waals surface area contributed by atoms with Crippen LogP contribution in [0.3, 0.4) is 0 Å². The van der Waals surface area contributed by atoms with Crippen molar-refractivity contribution in [3.8, 4) is 0 Å². The first-order valence-electron chi connectivity index (χ1n) is 6.76. The van der Waals surface area contributed by atoms with Gasteiger partial charge in [-0.2, -0.15) is 0 Å². The smallest absolute Gasteiger partial charge is 0.263 e. The fraction of sp³-hybridized carbons (Fsp3) is 0.200. The number of fused-ring (bicyclic) bond motifs is 1. The Hall–Kier alpha value is -2.34. The van der Waals surface area contributed by atoms with Gasteiger partial charge in [-0.15, -0.1) is 11.3 Å². The molecule has 21 heavy (non-hydrogen) atoms. The van der Waals surface area contributed by atoms with Crippen molar-refractivity contribution in [3.05, 3.63) is 47.9 Å². The lowest BCUT2D eigenvalue weighted by molar-refractivity contribution is 0.0957. The minimum atomic E-state index is -0.0978. The Morgan fingerprint density at radius 2 is 2.24 bits per heavy atom. The zero-order chi connectivity index (χ0) is 14.7. The van der Waals surface area contributed by atoms with Gasteiger partial charge in [0.25, 0.3) is 5.91 Å². The number of nitrogens with one attached hydrogen (secondary N) is 1. The maximum absolute atomic E-state index is 12.2. The highest BCUT2D eigenvalue weighted by Crippen LogP contribution is 2.33. The van der Waals surface area contributed by atoms with Crippen LogP contribution in [0.2, 0.25) is 0 Å². The summed E-state index contributed by atoms with van der Waals surface area (Å²) in [7, 11) is 0. The normalized spacial score (nSPS) is 10.9. The van der Waals surface area contributed by atoms with Crippen molar-refractivity contribution < 1.29 is 4.79 Å². The summed E-state index contributed by atoms with van der Waals surface area (Å²) in [4.78, 5) is 16.8. The van der Waals surface area contributed by atoms with Gasteiger partial charge >= 0.3 is 0 Å². The molecule has 0 saturated carbocycles. The molecule has 5 nitrogen and oxygen atoms in total. The molecule has 0 aliphatic carbocycles. The van der Waals surface area contributed by atoms with Crippen LogP contribution in [-0.4, -0.2) is 22.0 Å². The van der Waals surface area contributed by atoms with Crippen LogP contribution in [-0.2, 0) is 6.54 Å². The summed E-state index contributed by atoms with van der Waals surface area (Å²) in [6.07, 6.45) is 6.28. The molecule has 0 atom stereocenters. The highest BCUT2D eigenvalue weighted by Gasteiger charge is 2.15. The van der Waals surface area contributed by atoms with Crippen LogP contribution in [0.4, 0.5) is 5.69 Å². The van der Waals surface area contributed by atoms with Crippen LogP contribution >= 0.6 is 11.3 Å². The summed E-state index contributed by atoms with van der Waals surface area (Å²) in [5, 5.41) is 3.87. The molecule has 3 rings (SSSR count). The van der Waals surface area contributed by atoms with E-state index in [1.54, 1.807) is 12.5 Å². The van der Waals surface area contributed by atoms with Crippen molar-refractivity contribution in [3.63, 3.8) is 0 Å². The monoisotopic (exact) mass is 300 g/mol. The van der Waals surface area contributed by atoms with Crippen molar-refractivity contribution in [2.45, 2.75) is 13.0 Å². The van der Waals surface area contributed by atoms with Gasteiger partial charge in [0.05, 0.1) is 12.0 Å². The van der Waals surface area contributed by atoms with Crippen molar-refractivity contribution in [2.24, 2.45) is 0 Å². The molecule has 2 aromatic heterocycles. The van der Waals surface area contributed by atoms with Gasteiger partial charge < -0.3 is 15.6 Å². The van der Waals surface area contributed by atoms with Crippen molar-refractivity contribution in [2.75, 3.05) is 12.3 Å². The van der Waals surface area contributed by atoms with Gasteiger partial charge in [0, 0.05) is 35.6 Å². The fourth-order valence-corrected chi connectivity index (χ4v) is 3.24. The number of anilines is 1. The van der Waals surface area contributed by atoms with Gasteiger partial charge in [-0.3, -0.25) is 4.79 Å². The van der Waals surface area contributed by atoms with E-state index in [1.165, 1.54) is 11.3 Å². The summed E-state index contributed by atoms with van der Waals surface area (Å²) in [5.41, 5.74) is 6.63. The van der Waals surface area contributed by atoms with Crippen LogP contribution in [0.5, 0.6) is 0 Å². The van der Waals surface area contributed by atoms with E-state index < -0.39 is 0 Å². The van der Waals surface area contributed by atoms with Crippen LogP contribution in [0, 0.1) is 0 Å². The number of nitrogen functional groups attached to an aromatic ring is 1. The Morgan fingerprint density at radius 3 is 3.00 bits per heavy atom. The number of rotatable bonds is 5. The second kappa shape index (κ2) is 5.97. The quantitative estimate of drug-likeness (QED) is 0.711. The van der Waals surface area contributed by atoms with Gasteiger partial charge in [0.15, 0.2) is 0 Å². The van der Waals surface area contributed by atoms with Crippen molar-refractivity contribution >= 4 is 33.0 Å². The molecule has 0 fully saturated rings. The summed E-state index contributed by atoms with van der Waals surface area (Å²) in [6.45, 7) is 1.45. The molecule has 1 aromatic carbocycles. The third-order valence-electron chi connectivity index (χ3n) is 3.28. The van der Waals surface area contributed by atoms with E-state index in [0.29, 0.717) is 17.1 Å². The number of carbonyl (C=O) groups excluding carboxylic acids is 1. The first kappa shape index (κ1) is 13.6. The molecule has 6 heteroatoms. The molecule has 1 amide bonds. The first-order chi connectivity index (χ1) is 10.3. The number of nitrogens with zero attached hydrogens (tertiary/aromatic N) is 2. The molecule has 0 unspecified atom stereocenters. The third kappa shape index (κ3) is 2.90. The molecule has 108 valence electrons.